The van der Waals surface area contributed by atoms with Crippen molar-refractivity contribution in [2.24, 2.45) is 0 Å². The number of methoxy groups -OCH3 is 2. The van der Waals surface area contributed by atoms with Crippen molar-refractivity contribution in [2.75, 3.05) is 31.0 Å². The first-order chi connectivity index (χ1) is 9.63. The van der Waals surface area contributed by atoms with Crippen LogP contribution in [0, 0.1) is 0 Å². The van der Waals surface area contributed by atoms with Crippen LogP contribution in [0.4, 0.5) is 17.1 Å². The van der Waals surface area contributed by atoms with Gasteiger partial charge in [0.25, 0.3) is 0 Å². The lowest BCUT2D eigenvalue weighted by molar-refractivity contribution is 0.355. The van der Waals surface area contributed by atoms with Gasteiger partial charge >= 0.3 is 0 Å². The molecule has 114 valence electrons. The van der Waals surface area contributed by atoms with Crippen LogP contribution in [0.1, 0.15) is 5.56 Å². The molecule has 0 aliphatic carbocycles. The Morgan fingerprint density at radius 3 is 2.33 bits per heavy atom. The van der Waals surface area contributed by atoms with Gasteiger partial charge in [0.2, 0.25) is 0 Å². The highest BCUT2D eigenvalue weighted by atomic mass is 35.5. The van der Waals surface area contributed by atoms with Crippen LogP contribution in [0.2, 0.25) is 0 Å². The molecule has 0 amide bonds. The largest absolute Gasteiger partial charge is 0.493 e. The molecular formula is C15H20ClN3O2. The van der Waals surface area contributed by atoms with Crippen LogP contribution >= 0.6 is 12.4 Å². The molecule has 5 nitrogen and oxygen atoms in total. The molecule has 2 rings (SSSR count). The topological polar surface area (TPSA) is 82.5 Å². The van der Waals surface area contributed by atoms with Gasteiger partial charge in [-0.2, -0.15) is 0 Å². The number of halogens is 1. The van der Waals surface area contributed by atoms with Crippen LogP contribution in [0.3, 0.4) is 0 Å². The van der Waals surface area contributed by atoms with E-state index < -0.39 is 0 Å². The number of rotatable bonds is 5. The average Bonchev–Trinajstić information content (AvgIpc) is 2.47. The maximum atomic E-state index is 5.92. The maximum absolute atomic E-state index is 5.92. The second-order valence-electron chi connectivity index (χ2n) is 4.38. The van der Waals surface area contributed by atoms with Crippen LogP contribution in [0.25, 0.3) is 0 Å². The number of hydrogen-bond acceptors (Lipinski definition) is 5. The Bertz CT molecular complexity index is 605. The molecule has 0 aliphatic rings. The number of benzene rings is 2. The maximum Gasteiger partial charge on any atom is 0.162 e. The molecule has 0 saturated heterocycles. The monoisotopic (exact) mass is 309 g/mol. The highest BCUT2D eigenvalue weighted by Crippen LogP contribution is 2.30. The summed E-state index contributed by atoms with van der Waals surface area (Å²) >= 11 is 0. The fourth-order valence-electron chi connectivity index (χ4n) is 1.92. The zero-order valence-electron chi connectivity index (χ0n) is 12.1. The summed E-state index contributed by atoms with van der Waals surface area (Å²) < 4.78 is 10.5. The zero-order chi connectivity index (χ0) is 14.5. The van der Waals surface area contributed by atoms with Crippen molar-refractivity contribution in [3.8, 4) is 11.5 Å². The summed E-state index contributed by atoms with van der Waals surface area (Å²) in [6, 6.07) is 11.1. The van der Waals surface area contributed by atoms with Gasteiger partial charge in [-0.05, 0) is 35.9 Å². The highest BCUT2D eigenvalue weighted by Gasteiger charge is 2.05. The highest BCUT2D eigenvalue weighted by molar-refractivity contribution is 5.85. The van der Waals surface area contributed by atoms with Gasteiger partial charge in [0.05, 0.1) is 14.2 Å². The van der Waals surface area contributed by atoms with E-state index in [9.17, 15) is 0 Å². The number of nitrogen functional groups attached to an aromatic ring is 2. The number of anilines is 3. The molecule has 0 bridgehead atoms. The summed E-state index contributed by atoms with van der Waals surface area (Å²) in [5.41, 5.74) is 15.0. The third-order valence-corrected chi connectivity index (χ3v) is 3.03. The van der Waals surface area contributed by atoms with Crippen LogP contribution in [0.15, 0.2) is 36.4 Å². The Labute approximate surface area is 130 Å². The van der Waals surface area contributed by atoms with E-state index in [1.807, 2.05) is 24.3 Å². The number of hydrogen-bond donors (Lipinski definition) is 3. The first-order valence-corrected chi connectivity index (χ1v) is 6.24. The summed E-state index contributed by atoms with van der Waals surface area (Å²) in [5.74, 6) is 1.37. The fraction of sp³-hybridized carbons (Fsp3) is 0.200. The smallest absolute Gasteiger partial charge is 0.162 e. The van der Waals surface area contributed by atoms with E-state index in [1.165, 1.54) is 0 Å². The van der Waals surface area contributed by atoms with Crippen molar-refractivity contribution in [1.82, 2.24) is 0 Å². The Balaban J connectivity index is 0.00000220. The third kappa shape index (κ3) is 4.10. The van der Waals surface area contributed by atoms with E-state index in [0.717, 1.165) is 11.3 Å². The van der Waals surface area contributed by atoms with Gasteiger partial charge in [-0.1, -0.05) is 0 Å². The van der Waals surface area contributed by atoms with Gasteiger partial charge in [0.1, 0.15) is 0 Å². The quantitative estimate of drug-likeness (QED) is 0.740. The number of nitrogens with one attached hydrogen (secondary N) is 1. The van der Waals surface area contributed by atoms with Crippen LogP contribution in [0.5, 0.6) is 11.5 Å². The summed E-state index contributed by atoms with van der Waals surface area (Å²) in [7, 11) is 3.22. The molecular weight excluding hydrogens is 290 g/mol. The first-order valence-electron chi connectivity index (χ1n) is 6.24. The number of ether oxygens (including phenoxy) is 2. The van der Waals surface area contributed by atoms with E-state index in [1.54, 1.807) is 26.4 Å². The predicted molar refractivity (Wildman–Crippen MR) is 89.4 cm³/mol. The second-order valence-corrected chi connectivity index (χ2v) is 4.38. The fourth-order valence-corrected chi connectivity index (χ4v) is 1.92. The molecule has 0 heterocycles. The molecule has 0 atom stereocenters. The molecule has 2 aromatic rings. The zero-order valence-corrected chi connectivity index (χ0v) is 12.9. The molecule has 0 saturated carbocycles. The van der Waals surface area contributed by atoms with Gasteiger partial charge in [-0.3, -0.25) is 0 Å². The van der Waals surface area contributed by atoms with Crippen LogP contribution in [-0.4, -0.2) is 14.2 Å². The minimum atomic E-state index is 0. The van der Waals surface area contributed by atoms with Crippen molar-refractivity contribution < 1.29 is 9.47 Å². The van der Waals surface area contributed by atoms with E-state index >= 15 is 0 Å². The lowest BCUT2D eigenvalue weighted by Gasteiger charge is -2.12. The van der Waals surface area contributed by atoms with E-state index in [2.05, 4.69) is 5.32 Å². The van der Waals surface area contributed by atoms with Crippen molar-refractivity contribution in [2.45, 2.75) is 6.54 Å². The van der Waals surface area contributed by atoms with E-state index in [0.29, 0.717) is 29.4 Å². The summed E-state index contributed by atoms with van der Waals surface area (Å²) in [5, 5.41) is 3.28. The normalized spacial score (nSPS) is 9.62. The number of nitrogens with two attached hydrogens (primary N) is 2. The average molecular weight is 310 g/mol. The summed E-state index contributed by atoms with van der Waals surface area (Å²) in [6.45, 7) is 0.590. The van der Waals surface area contributed by atoms with Crippen molar-refractivity contribution in [3.63, 3.8) is 0 Å². The minimum absolute atomic E-state index is 0. The standard InChI is InChI=1S/C15H19N3O2.ClH/c1-19-14-6-4-12(8-15(14)20-2)18-9-10-7-11(16)3-5-13(10)17;/h3-8,18H,9,16-17H2,1-2H3;1H. The molecule has 0 aliphatic heterocycles. The van der Waals surface area contributed by atoms with Crippen molar-refractivity contribution in [3.05, 3.63) is 42.0 Å². The van der Waals surface area contributed by atoms with Gasteiger partial charge in [0, 0.05) is 29.7 Å². The van der Waals surface area contributed by atoms with Gasteiger partial charge in [-0.15, -0.1) is 12.4 Å². The SMILES string of the molecule is COc1ccc(NCc2cc(N)ccc2N)cc1OC.Cl. The van der Waals surface area contributed by atoms with Crippen molar-refractivity contribution >= 4 is 29.5 Å². The Morgan fingerprint density at radius 1 is 0.952 bits per heavy atom. The minimum Gasteiger partial charge on any atom is -0.493 e. The molecule has 0 unspecified atom stereocenters. The lowest BCUT2D eigenvalue weighted by Crippen LogP contribution is -2.04. The third-order valence-electron chi connectivity index (χ3n) is 3.03. The molecule has 21 heavy (non-hydrogen) atoms. The molecule has 0 fully saturated rings. The molecule has 2 aromatic carbocycles. The molecule has 5 N–H and O–H groups in total. The van der Waals surface area contributed by atoms with Crippen LogP contribution < -0.4 is 26.3 Å². The van der Waals surface area contributed by atoms with Crippen LogP contribution in [-0.2, 0) is 6.54 Å². The van der Waals surface area contributed by atoms with E-state index in [4.69, 9.17) is 20.9 Å². The second kappa shape index (κ2) is 7.50. The first kappa shape index (κ1) is 16.8. The van der Waals surface area contributed by atoms with E-state index in [-0.39, 0.29) is 12.4 Å². The molecule has 6 heteroatoms. The molecule has 0 radical (unpaired) electrons. The van der Waals surface area contributed by atoms with Crippen molar-refractivity contribution in [1.29, 1.82) is 0 Å². The Kier molecular flexibility index (Phi) is 5.99. The summed E-state index contributed by atoms with van der Waals surface area (Å²) in [6.07, 6.45) is 0. The lowest BCUT2D eigenvalue weighted by atomic mass is 10.1. The predicted octanol–water partition coefficient (Wildman–Crippen LogP) is 2.90. The Morgan fingerprint density at radius 2 is 1.67 bits per heavy atom. The Hall–Kier alpha value is -2.27. The molecule has 0 aromatic heterocycles. The molecule has 0 spiro atoms. The van der Waals surface area contributed by atoms with Gasteiger partial charge < -0.3 is 26.3 Å². The summed E-state index contributed by atoms with van der Waals surface area (Å²) in [4.78, 5) is 0. The van der Waals surface area contributed by atoms with Gasteiger partial charge in [0.15, 0.2) is 11.5 Å². The van der Waals surface area contributed by atoms with Gasteiger partial charge in [-0.25, -0.2) is 0 Å².